The zero-order chi connectivity index (χ0) is 27.2. The first kappa shape index (κ1) is 26.3. The molecule has 1 saturated heterocycles. The number of esters is 1. The number of nitro groups is 1. The van der Waals surface area contributed by atoms with Gasteiger partial charge in [-0.05, 0) is 60.7 Å². The van der Waals surface area contributed by atoms with Crippen molar-refractivity contribution in [2.45, 2.75) is 6.42 Å². The molecular formula is C26H20ClN3O8. The van der Waals surface area contributed by atoms with Crippen LogP contribution in [-0.2, 0) is 14.3 Å². The van der Waals surface area contributed by atoms with E-state index in [9.17, 15) is 29.3 Å². The van der Waals surface area contributed by atoms with E-state index in [4.69, 9.17) is 21.1 Å². The third kappa shape index (κ3) is 6.51. The number of Topliss-reactive ketones (excluding diaryl/α,β-unsaturated/α-hetero) is 1. The molecule has 12 heteroatoms. The Balaban J connectivity index is 1.25. The SMILES string of the molecule is O=C(COC(=O)[C@@H]1CC(=O)N(NC(=O)c2ccc(Cl)cc2)C1)c1ccc(Oc2ccc([N+](=O)[O-])cc2)cc1. The lowest BCUT2D eigenvalue weighted by Gasteiger charge is -2.17. The van der Waals surface area contributed by atoms with Gasteiger partial charge in [0.1, 0.15) is 11.5 Å². The summed E-state index contributed by atoms with van der Waals surface area (Å²) in [7, 11) is 0. The van der Waals surface area contributed by atoms with Crippen molar-refractivity contribution in [3.05, 3.63) is 99.1 Å². The molecule has 4 rings (SSSR count). The molecule has 3 aromatic carbocycles. The van der Waals surface area contributed by atoms with Gasteiger partial charge in [-0.25, -0.2) is 0 Å². The Morgan fingerprint density at radius 3 is 2.13 bits per heavy atom. The van der Waals surface area contributed by atoms with Crippen LogP contribution in [0, 0.1) is 16.0 Å². The maximum absolute atomic E-state index is 12.5. The quantitative estimate of drug-likeness (QED) is 0.187. The van der Waals surface area contributed by atoms with Crippen LogP contribution in [0.1, 0.15) is 27.1 Å². The summed E-state index contributed by atoms with van der Waals surface area (Å²) in [6, 6.07) is 17.7. The second-order valence-corrected chi connectivity index (χ2v) is 8.70. The Hall–Kier alpha value is -4.77. The number of ketones is 1. The van der Waals surface area contributed by atoms with Gasteiger partial charge < -0.3 is 9.47 Å². The Morgan fingerprint density at radius 1 is 0.947 bits per heavy atom. The van der Waals surface area contributed by atoms with Gasteiger partial charge >= 0.3 is 5.97 Å². The van der Waals surface area contributed by atoms with Gasteiger partial charge in [0, 0.05) is 34.7 Å². The van der Waals surface area contributed by atoms with E-state index in [0.29, 0.717) is 22.1 Å². The predicted octanol–water partition coefficient (Wildman–Crippen LogP) is 3.96. The molecule has 1 aliphatic heterocycles. The number of nitro benzene ring substituents is 1. The summed E-state index contributed by atoms with van der Waals surface area (Å²) in [6.45, 7) is -0.608. The average Bonchev–Trinajstić information content (AvgIpc) is 3.28. The lowest BCUT2D eigenvalue weighted by molar-refractivity contribution is -0.384. The highest BCUT2D eigenvalue weighted by Gasteiger charge is 2.36. The molecule has 0 radical (unpaired) electrons. The van der Waals surface area contributed by atoms with Crippen molar-refractivity contribution in [2.24, 2.45) is 5.92 Å². The van der Waals surface area contributed by atoms with Gasteiger partial charge in [-0.15, -0.1) is 0 Å². The number of hydrogen-bond acceptors (Lipinski definition) is 8. The number of ether oxygens (including phenoxy) is 2. The summed E-state index contributed by atoms with van der Waals surface area (Å²) in [6.07, 6.45) is -0.164. The summed E-state index contributed by atoms with van der Waals surface area (Å²) < 4.78 is 10.7. The number of amides is 2. The standard InChI is InChI=1S/C26H20ClN3O8/c27-19-5-1-17(2-6-19)25(33)28-29-14-18(13-24(29)32)26(34)37-15-23(31)16-3-9-21(10-4-16)38-22-11-7-20(8-12-22)30(35)36/h1-12,18H,13-15H2,(H,28,33)/t18-/m1/s1. The van der Waals surface area contributed by atoms with Crippen LogP contribution in [-0.4, -0.2) is 46.7 Å². The van der Waals surface area contributed by atoms with E-state index in [2.05, 4.69) is 5.43 Å². The molecule has 0 saturated carbocycles. The highest BCUT2D eigenvalue weighted by Crippen LogP contribution is 2.24. The van der Waals surface area contributed by atoms with E-state index in [1.165, 1.54) is 60.7 Å². The highest BCUT2D eigenvalue weighted by molar-refractivity contribution is 6.30. The molecule has 1 aliphatic rings. The molecule has 11 nitrogen and oxygen atoms in total. The van der Waals surface area contributed by atoms with Crippen molar-refractivity contribution in [3.8, 4) is 11.5 Å². The molecule has 0 aliphatic carbocycles. The first-order valence-corrected chi connectivity index (χ1v) is 11.7. The fourth-order valence-electron chi connectivity index (χ4n) is 3.58. The minimum atomic E-state index is -0.835. The number of benzene rings is 3. The van der Waals surface area contributed by atoms with Crippen molar-refractivity contribution in [1.29, 1.82) is 0 Å². The van der Waals surface area contributed by atoms with Gasteiger partial charge in [-0.1, -0.05) is 11.6 Å². The molecule has 1 fully saturated rings. The smallest absolute Gasteiger partial charge is 0.311 e. The van der Waals surface area contributed by atoms with Gasteiger partial charge in [0.2, 0.25) is 5.91 Å². The van der Waals surface area contributed by atoms with Crippen LogP contribution in [0.25, 0.3) is 0 Å². The number of halogens is 1. The van der Waals surface area contributed by atoms with E-state index in [1.54, 1.807) is 12.1 Å². The topological polar surface area (TPSA) is 145 Å². The van der Waals surface area contributed by atoms with E-state index in [1.807, 2.05) is 0 Å². The van der Waals surface area contributed by atoms with Crippen molar-refractivity contribution in [1.82, 2.24) is 10.4 Å². The Kier molecular flexibility index (Phi) is 7.97. The van der Waals surface area contributed by atoms with Crippen LogP contribution in [0.3, 0.4) is 0 Å². The molecule has 1 atom stereocenters. The summed E-state index contributed by atoms with van der Waals surface area (Å²) >= 11 is 5.81. The number of rotatable bonds is 9. The average molecular weight is 538 g/mol. The second-order valence-electron chi connectivity index (χ2n) is 8.26. The largest absolute Gasteiger partial charge is 0.457 e. The normalized spacial score (nSPS) is 14.6. The van der Waals surface area contributed by atoms with Crippen molar-refractivity contribution in [2.75, 3.05) is 13.2 Å². The van der Waals surface area contributed by atoms with E-state index in [-0.39, 0.29) is 24.2 Å². The number of carbonyl (C=O) groups excluding carboxylic acids is 4. The molecule has 1 heterocycles. The van der Waals surface area contributed by atoms with Crippen molar-refractivity contribution in [3.63, 3.8) is 0 Å². The van der Waals surface area contributed by atoms with E-state index in [0.717, 1.165) is 5.01 Å². The third-order valence-corrected chi connectivity index (χ3v) is 5.86. The molecule has 0 aromatic heterocycles. The minimum absolute atomic E-state index is 0.0646. The number of carbonyl (C=O) groups is 4. The third-order valence-electron chi connectivity index (χ3n) is 5.61. The maximum atomic E-state index is 12.5. The van der Waals surface area contributed by atoms with Crippen LogP contribution >= 0.6 is 11.6 Å². The molecule has 0 unspecified atom stereocenters. The predicted molar refractivity (Wildman–Crippen MR) is 134 cm³/mol. The van der Waals surface area contributed by atoms with Crippen LogP contribution in [0.15, 0.2) is 72.8 Å². The molecule has 2 amide bonds. The van der Waals surface area contributed by atoms with Gasteiger partial charge in [0.25, 0.3) is 11.6 Å². The Morgan fingerprint density at radius 2 is 1.53 bits per heavy atom. The van der Waals surface area contributed by atoms with Gasteiger partial charge in [-0.2, -0.15) is 0 Å². The number of non-ortho nitro benzene ring substituents is 1. The lowest BCUT2D eigenvalue weighted by Crippen LogP contribution is -2.43. The van der Waals surface area contributed by atoms with Gasteiger partial charge in [0.05, 0.1) is 17.4 Å². The molecule has 194 valence electrons. The number of nitrogens with zero attached hydrogens (tertiary/aromatic N) is 2. The zero-order valence-corrected chi connectivity index (χ0v) is 20.4. The zero-order valence-electron chi connectivity index (χ0n) is 19.7. The molecular weight excluding hydrogens is 518 g/mol. The monoisotopic (exact) mass is 537 g/mol. The molecule has 0 spiro atoms. The number of hydrogen-bond donors (Lipinski definition) is 1. The molecule has 1 N–H and O–H groups in total. The fraction of sp³-hybridized carbons (Fsp3) is 0.154. The molecule has 3 aromatic rings. The number of nitrogens with one attached hydrogen (secondary N) is 1. The first-order valence-electron chi connectivity index (χ1n) is 11.3. The summed E-state index contributed by atoms with van der Waals surface area (Å²) in [4.78, 5) is 59.7. The van der Waals surface area contributed by atoms with Crippen molar-refractivity contribution >= 4 is 40.9 Å². The van der Waals surface area contributed by atoms with Crippen molar-refractivity contribution < 1.29 is 33.6 Å². The molecule has 38 heavy (non-hydrogen) atoms. The van der Waals surface area contributed by atoms with Crippen LogP contribution < -0.4 is 10.2 Å². The van der Waals surface area contributed by atoms with E-state index >= 15 is 0 Å². The highest BCUT2D eigenvalue weighted by atomic mass is 35.5. The van der Waals surface area contributed by atoms with Crippen LogP contribution in [0.5, 0.6) is 11.5 Å². The second kappa shape index (κ2) is 11.5. The van der Waals surface area contributed by atoms with E-state index < -0.39 is 41.0 Å². The fourth-order valence-corrected chi connectivity index (χ4v) is 3.71. The summed E-state index contributed by atoms with van der Waals surface area (Å²) in [5, 5.41) is 12.2. The summed E-state index contributed by atoms with van der Waals surface area (Å²) in [5.74, 6) is -2.22. The van der Waals surface area contributed by atoms with Gasteiger partial charge in [0.15, 0.2) is 12.4 Å². The Bertz CT molecular complexity index is 1380. The van der Waals surface area contributed by atoms with Crippen LogP contribution in [0.2, 0.25) is 5.02 Å². The minimum Gasteiger partial charge on any atom is -0.457 e. The lowest BCUT2D eigenvalue weighted by atomic mass is 10.1. The summed E-state index contributed by atoms with van der Waals surface area (Å²) in [5.41, 5.74) is 2.96. The Labute approximate surface area is 221 Å². The first-order chi connectivity index (χ1) is 18.2. The van der Waals surface area contributed by atoms with Crippen LogP contribution in [0.4, 0.5) is 5.69 Å². The number of hydrazine groups is 1. The molecule has 0 bridgehead atoms. The van der Waals surface area contributed by atoms with Gasteiger partial charge in [-0.3, -0.25) is 39.7 Å². The maximum Gasteiger partial charge on any atom is 0.311 e.